The summed E-state index contributed by atoms with van der Waals surface area (Å²) in [5.74, 6) is -0.411. The van der Waals surface area contributed by atoms with Crippen molar-refractivity contribution in [2.45, 2.75) is 36.1 Å². The fourth-order valence-corrected chi connectivity index (χ4v) is 4.74. The molecule has 0 saturated carbocycles. The highest BCUT2D eigenvalue weighted by Crippen LogP contribution is 2.35. The third kappa shape index (κ3) is 2.90. The number of fused-ring (bicyclic) bond motifs is 2. The van der Waals surface area contributed by atoms with Crippen molar-refractivity contribution in [1.29, 1.82) is 0 Å². The largest absolute Gasteiger partial charge is 0.384 e. The van der Waals surface area contributed by atoms with Gasteiger partial charge in [-0.3, -0.25) is 0 Å². The predicted octanol–water partition coefficient (Wildman–Crippen LogP) is 3.94. The van der Waals surface area contributed by atoms with Crippen LogP contribution in [0.1, 0.15) is 19.8 Å². The van der Waals surface area contributed by atoms with Crippen molar-refractivity contribution in [3.63, 3.8) is 0 Å². The lowest BCUT2D eigenvalue weighted by Crippen LogP contribution is -2.08. The molecule has 0 bridgehead atoms. The van der Waals surface area contributed by atoms with Crippen LogP contribution in [0.15, 0.2) is 58.3 Å². The summed E-state index contributed by atoms with van der Waals surface area (Å²) in [6.45, 7) is 2.57. The molecule has 4 aromatic rings. The number of hydrogen-bond donors (Lipinski definition) is 1. The SMILES string of the molecule is CCCCn1c(N)c(S(=O)(=O)c2ccc(F)cc2)c2nc3ccccc3nc21. The Morgan fingerprint density at radius 3 is 2.32 bits per heavy atom. The molecule has 4 rings (SSSR count). The van der Waals surface area contributed by atoms with Gasteiger partial charge in [-0.1, -0.05) is 25.5 Å². The number of hydrogen-bond acceptors (Lipinski definition) is 5. The molecule has 8 heteroatoms. The number of aryl methyl sites for hydroxylation is 1. The molecule has 2 heterocycles. The summed E-state index contributed by atoms with van der Waals surface area (Å²) in [6, 6.07) is 11.9. The van der Waals surface area contributed by atoms with Crippen LogP contribution in [0.25, 0.3) is 22.2 Å². The molecule has 2 aromatic carbocycles. The molecule has 144 valence electrons. The standard InChI is InChI=1S/C20H19FN4O2S/c1-2-3-12-25-19(22)18(28(26,27)14-10-8-13(21)9-11-14)17-20(25)24-16-7-5-4-6-15(16)23-17/h4-11H,2-3,12,22H2,1H3. The van der Waals surface area contributed by atoms with E-state index in [1.165, 1.54) is 12.1 Å². The van der Waals surface area contributed by atoms with Crippen LogP contribution in [0.5, 0.6) is 0 Å². The molecule has 2 aromatic heterocycles. The minimum Gasteiger partial charge on any atom is -0.384 e. The lowest BCUT2D eigenvalue weighted by atomic mass is 10.3. The minimum atomic E-state index is -4.00. The number of nitrogens with two attached hydrogens (primary N) is 1. The molecule has 0 atom stereocenters. The molecule has 2 N–H and O–H groups in total. The van der Waals surface area contributed by atoms with Crippen LogP contribution >= 0.6 is 0 Å². The van der Waals surface area contributed by atoms with Gasteiger partial charge in [0.25, 0.3) is 0 Å². The van der Waals surface area contributed by atoms with Crippen LogP contribution < -0.4 is 5.73 Å². The highest BCUT2D eigenvalue weighted by Gasteiger charge is 2.30. The van der Waals surface area contributed by atoms with Crippen molar-refractivity contribution in [2.75, 3.05) is 5.73 Å². The van der Waals surface area contributed by atoms with Gasteiger partial charge >= 0.3 is 0 Å². The van der Waals surface area contributed by atoms with E-state index in [9.17, 15) is 12.8 Å². The summed E-state index contributed by atoms with van der Waals surface area (Å²) >= 11 is 0. The van der Waals surface area contributed by atoms with Gasteiger partial charge in [0.1, 0.15) is 22.0 Å². The summed E-state index contributed by atoms with van der Waals surface area (Å²) in [5, 5.41) is 0. The van der Waals surface area contributed by atoms with Crippen molar-refractivity contribution in [3.05, 3.63) is 54.3 Å². The summed E-state index contributed by atoms with van der Waals surface area (Å²) in [7, 11) is -4.00. The highest BCUT2D eigenvalue weighted by atomic mass is 32.2. The molecular weight excluding hydrogens is 379 g/mol. The van der Waals surface area contributed by atoms with Crippen molar-refractivity contribution < 1.29 is 12.8 Å². The zero-order valence-corrected chi connectivity index (χ0v) is 16.1. The number of para-hydroxylation sites is 2. The number of nitrogens with zero attached hydrogens (tertiary/aromatic N) is 3. The lowest BCUT2D eigenvalue weighted by Gasteiger charge is -2.07. The van der Waals surface area contributed by atoms with Gasteiger partial charge in [-0.25, -0.2) is 22.8 Å². The fourth-order valence-electron chi connectivity index (χ4n) is 3.23. The van der Waals surface area contributed by atoms with E-state index in [0.29, 0.717) is 23.2 Å². The number of aromatic nitrogens is 3. The molecule has 0 unspecified atom stereocenters. The van der Waals surface area contributed by atoms with Crippen molar-refractivity contribution >= 4 is 37.9 Å². The number of sulfone groups is 1. The second kappa shape index (κ2) is 6.87. The van der Waals surface area contributed by atoms with Gasteiger partial charge in [-0.05, 0) is 42.8 Å². The Balaban J connectivity index is 2.05. The van der Waals surface area contributed by atoms with E-state index in [4.69, 9.17) is 5.73 Å². The first-order chi connectivity index (χ1) is 13.4. The van der Waals surface area contributed by atoms with Gasteiger partial charge in [-0.15, -0.1) is 0 Å². The molecule has 0 amide bonds. The van der Waals surface area contributed by atoms with E-state index in [1.807, 2.05) is 25.1 Å². The Morgan fingerprint density at radius 1 is 1.04 bits per heavy atom. The van der Waals surface area contributed by atoms with E-state index in [0.717, 1.165) is 25.0 Å². The smallest absolute Gasteiger partial charge is 0.212 e. The normalized spacial score (nSPS) is 12.1. The molecule has 0 fully saturated rings. The number of unbranched alkanes of at least 4 members (excludes halogenated alkanes) is 1. The minimum absolute atomic E-state index is 0.0369. The molecule has 0 aliphatic rings. The second-order valence-electron chi connectivity index (χ2n) is 6.56. The zero-order valence-electron chi connectivity index (χ0n) is 15.3. The van der Waals surface area contributed by atoms with Crippen LogP contribution in [0.3, 0.4) is 0 Å². The van der Waals surface area contributed by atoms with Gasteiger partial charge in [0.2, 0.25) is 9.84 Å². The number of anilines is 1. The molecule has 0 aliphatic heterocycles. The molecule has 6 nitrogen and oxygen atoms in total. The van der Waals surface area contributed by atoms with Crippen molar-refractivity contribution in [3.8, 4) is 0 Å². The first kappa shape index (κ1) is 18.4. The van der Waals surface area contributed by atoms with Crippen molar-refractivity contribution in [2.24, 2.45) is 0 Å². The maximum absolute atomic E-state index is 13.3. The topological polar surface area (TPSA) is 90.9 Å². The molecule has 0 saturated heterocycles. The third-order valence-electron chi connectivity index (χ3n) is 4.67. The summed E-state index contributed by atoms with van der Waals surface area (Å²) in [5.41, 5.74) is 8.22. The average molecular weight is 398 g/mol. The van der Waals surface area contributed by atoms with Crippen LogP contribution in [-0.4, -0.2) is 23.0 Å². The molecule has 0 spiro atoms. The molecule has 0 radical (unpaired) electrons. The van der Waals surface area contributed by atoms with E-state index in [2.05, 4.69) is 9.97 Å². The van der Waals surface area contributed by atoms with Gasteiger partial charge in [0.05, 0.1) is 15.9 Å². The van der Waals surface area contributed by atoms with Gasteiger partial charge in [0.15, 0.2) is 5.65 Å². The number of halogens is 1. The van der Waals surface area contributed by atoms with Crippen LogP contribution in [0.4, 0.5) is 10.2 Å². The monoisotopic (exact) mass is 398 g/mol. The fraction of sp³-hybridized carbons (Fsp3) is 0.200. The van der Waals surface area contributed by atoms with Gasteiger partial charge < -0.3 is 10.3 Å². The van der Waals surface area contributed by atoms with E-state index >= 15 is 0 Å². The van der Waals surface area contributed by atoms with Crippen LogP contribution in [0, 0.1) is 5.82 Å². The van der Waals surface area contributed by atoms with Gasteiger partial charge in [-0.2, -0.15) is 0 Å². The van der Waals surface area contributed by atoms with Crippen molar-refractivity contribution in [1.82, 2.24) is 14.5 Å². The molecule has 0 aliphatic carbocycles. The van der Waals surface area contributed by atoms with Crippen LogP contribution in [-0.2, 0) is 16.4 Å². The predicted molar refractivity (Wildman–Crippen MR) is 106 cm³/mol. The first-order valence-corrected chi connectivity index (χ1v) is 10.5. The van der Waals surface area contributed by atoms with Crippen LogP contribution in [0.2, 0.25) is 0 Å². The lowest BCUT2D eigenvalue weighted by molar-refractivity contribution is 0.594. The molecular formula is C20H19FN4O2S. The Hall–Kier alpha value is -3.00. The van der Waals surface area contributed by atoms with E-state index < -0.39 is 15.7 Å². The number of benzene rings is 2. The van der Waals surface area contributed by atoms with E-state index in [-0.39, 0.29) is 21.1 Å². The van der Waals surface area contributed by atoms with Gasteiger partial charge in [0, 0.05) is 6.54 Å². The maximum atomic E-state index is 13.3. The zero-order chi connectivity index (χ0) is 19.9. The maximum Gasteiger partial charge on any atom is 0.212 e. The highest BCUT2D eigenvalue weighted by molar-refractivity contribution is 7.92. The first-order valence-electron chi connectivity index (χ1n) is 8.98. The average Bonchev–Trinajstić information content (AvgIpc) is 2.95. The number of nitrogen functional groups attached to an aromatic ring is 1. The Kier molecular flexibility index (Phi) is 4.50. The Labute approximate surface area is 161 Å². The summed E-state index contributed by atoms with van der Waals surface area (Å²) in [4.78, 5) is 9.07. The summed E-state index contributed by atoms with van der Waals surface area (Å²) in [6.07, 6.45) is 1.73. The molecule has 28 heavy (non-hydrogen) atoms. The summed E-state index contributed by atoms with van der Waals surface area (Å²) < 4.78 is 41.6. The Bertz CT molecular complexity index is 1280. The quantitative estimate of drug-likeness (QED) is 0.514. The number of rotatable bonds is 5. The third-order valence-corrected chi connectivity index (χ3v) is 6.51. The van der Waals surface area contributed by atoms with E-state index in [1.54, 1.807) is 10.6 Å². The second-order valence-corrected chi connectivity index (χ2v) is 8.45. The Morgan fingerprint density at radius 2 is 1.68 bits per heavy atom.